The Morgan fingerprint density at radius 1 is 0.913 bits per heavy atom. The van der Waals surface area contributed by atoms with E-state index in [0.717, 1.165) is 0 Å². The standard InChI is InChI=1S/C15H11F4NO3/c1-22-10-4-3-7(5-11(10)23-2)15(21)20-14-12(18)8(16)6-9(17)13(14)19/h3-6H,1-2H3,(H,20,21). The number of carbonyl (C=O) groups is 1. The summed E-state index contributed by atoms with van der Waals surface area (Å²) in [5.41, 5.74) is -1.26. The number of rotatable bonds is 4. The molecular formula is C15H11F4NO3. The molecule has 0 saturated heterocycles. The van der Waals surface area contributed by atoms with Gasteiger partial charge in [0.25, 0.3) is 5.91 Å². The fourth-order valence-corrected chi connectivity index (χ4v) is 1.85. The molecule has 1 N–H and O–H groups in total. The molecule has 0 radical (unpaired) electrons. The lowest BCUT2D eigenvalue weighted by atomic mass is 10.1. The largest absolute Gasteiger partial charge is 0.493 e. The summed E-state index contributed by atoms with van der Waals surface area (Å²) in [6.45, 7) is 0. The minimum atomic E-state index is -1.70. The van der Waals surface area contributed by atoms with Crippen molar-refractivity contribution in [3.05, 3.63) is 53.1 Å². The number of nitrogens with one attached hydrogen (secondary N) is 1. The van der Waals surface area contributed by atoms with Gasteiger partial charge in [0, 0.05) is 11.6 Å². The third-order valence-electron chi connectivity index (χ3n) is 3.00. The Hall–Kier alpha value is -2.77. The zero-order chi connectivity index (χ0) is 17.1. The van der Waals surface area contributed by atoms with Crippen LogP contribution in [0.15, 0.2) is 24.3 Å². The van der Waals surface area contributed by atoms with Crippen LogP contribution in [0.2, 0.25) is 0 Å². The molecule has 0 aliphatic heterocycles. The number of hydrogen-bond acceptors (Lipinski definition) is 3. The monoisotopic (exact) mass is 329 g/mol. The molecule has 0 heterocycles. The van der Waals surface area contributed by atoms with Gasteiger partial charge in [-0.1, -0.05) is 0 Å². The fraction of sp³-hybridized carbons (Fsp3) is 0.133. The van der Waals surface area contributed by atoms with E-state index < -0.39 is 34.9 Å². The maximum absolute atomic E-state index is 13.5. The second-order valence-corrected chi connectivity index (χ2v) is 4.37. The van der Waals surface area contributed by atoms with Crippen molar-refractivity contribution in [3.8, 4) is 11.5 Å². The number of benzene rings is 2. The summed E-state index contributed by atoms with van der Waals surface area (Å²) in [5.74, 6) is -7.08. The molecule has 0 unspecified atom stereocenters. The molecule has 122 valence electrons. The highest BCUT2D eigenvalue weighted by atomic mass is 19.2. The third-order valence-corrected chi connectivity index (χ3v) is 3.00. The van der Waals surface area contributed by atoms with Gasteiger partial charge >= 0.3 is 0 Å². The van der Waals surface area contributed by atoms with Crippen LogP contribution in [0.3, 0.4) is 0 Å². The van der Waals surface area contributed by atoms with E-state index >= 15 is 0 Å². The van der Waals surface area contributed by atoms with Gasteiger partial charge in [0.15, 0.2) is 34.8 Å². The Labute approximate surface area is 128 Å². The average Bonchev–Trinajstić information content (AvgIpc) is 2.56. The molecule has 0 spiro atoms. The second kappa shape index (κ2) is 6.55. The van der Waals surface area contributed by atoms with Gasteiger partial charge < -0.3 is 14.8 Å². The number of amides is 1. The molecule has 2 aromatic rings. The molecule has 1 amide bonds. The first-order valence-electron chi connectivity index (χ1n) is 6.25. The van der Waals surface area contributed by atoms with E-state index in [2.05, 4.69) is 0 Å². The zero-order valence-corrected chi connectivity index (χ0v) is 12.0. The van der Waals surface area contributed by atoms with Crippen LogP contribution < -0.4 is 14.8 Å². The molecular weight excluding hydrogens is 318 g/mol. The highest BCUT2D eigenvalue weighted by Crippen LogP contribution is 2.29. The Balaban J connectivity index is 2.37. The van der Waals surface area contributed by atoms with Gasteiger partial charge in [-0.2, -0.15) is 0 Å². The number of methoxy groups -OCH3 is 2. The van der Waals surface area contributed by atoms with Crippen LogP contribution >= 0.6 is 0 Å². The third kappa shape index (κ3) is 3.20. The molecule has 4 nitrogen and oxygen atoms in total. The molecule has 23 heavy (non-hydrogen) atoms. The number of ether oxygens (including phenoxy) is 2. The summed E-state index contributed by atoms with van der Waals surface area (Å²) < 4.78 is 63.3. The maximum atomic E-state index is 13.5. The van der Waals surface area contributed by atoms with E-state index in [1.54, 1.807) is 5.32 Å². The highest BCUT2D eigenvalue weighted by molar-refractivity contribution is 6.04. The molecule has 0 aromatic heterocycles. The smallest absolute Gasteiger partial charge is 0.255 e. The van der Waals surface area contributed by atoms with Gasteiger partial charge in [0.2, 0.25) is 0 Å². The van der Waals surface area contributed by atoms with E-state index in [1.165, 1.54) is 32.4 Å². The SMILES string of the molecule is COc1ccc(C(=O)Nc2c(F)c(F)cc(F)c2F)cc1OC. The molecule has 2 aromatic carbocycles. The van der Waals surface area contributed by atoms with E-state index in [1.807, 2.05) is 0 Å². The topological polar surface area (TPSA) is 47.6 Å². The highest BCUT2D eigenvalue weighted by Gasteiger charge is 2.21. The van der Waals surface area contributed by atoms with Crippen molar-refractivity contribution in [1.29, 1.82) is 0 Å². The van der Waals surface area contributed by atoms with Crippen LogP contribution in [0.25, 0.3) is 0 Å². The van der Waals surface area contributed by atoms with E-state index in [9.17, 15) is 22.4 Å². The van der Waals surface area contributed by atoms with Crippen molar-refractivity contribution in [3.63, 3.8) is 0 Å². The van der Waals surface area contributed by atoms with Gasteiger partial charge in [-0.15, -0.1) is 0 Å². The van der Waals surface area contributed by atoms with Gasteiger partial charge in [-0.3, -0.25) is 4.79 Å². The Morgan fingerprint density at radius 3 is 2.00 bits per heavy atom. The molecule has 2 rings (SSSR count). The van der Waals surface area contributed by atoms with E-state index in [0.29, 0.717) is 5.75 Å². The van der Waals surface area contributed by atoms with Crippen LogP contribution in [-0.4, -0.2) is 20.1 Å². The summed E-state index contributed by atoms with van der Waals surface area (Å²) in [7, 11) is 2.72. The lowest BCUT2D eigenvalue weighted by Crippen LogP contribution is -2.16. The summed E-state index contributed by atoms with van der Waals surface area (Å²) in [4.78, 5) is 12.0. The second-order valence-electron chi connectivity index (χ2n) is 4.37. The van der Waals surface area contributed by atoms with Crippen molar-refractivity contribution >= 4 is 11.6 Å². The van der Waals surface area contributed by atoms with Crippen LogP contribution in [0.4, 0.5) is 23.2 Å². The molecule has 8 heteroatoms. The number of hydrogen-bond donors (Lipinski definition) is 1. The Bertz CT molecular complexity index is 739. The molecule has 0 aliphatic rings. The lowest BCUT2D eigenvalue weighted by molar-refractivity contribution is 0.102. The predicted octanol–water partition coefficient (Wildman–Crippen LogP) is 3.51. The molecule has 0 fully saturated rings. The van der Waals surface area contributed by atoms with E-state index in [4.69, 9.17) is 9.47 Å². The van der Waals surface area contributed by atoms with E-state index in [-0.39, 0.29) is 17.4 Å². The van der Waals surface area contributed by atoms with Gasteiger partial charge in [0.1, 0.15) is 5.69 Å². The maximum Gasteiger partial charge on any atom is 0.255 e. The Morgan fingerprint density at radius 2 is 1.48 bits per heavy atom. The first kappa shape index (κ1) is 16.6. The summed E-state index contributed by atoms with van der Waals surface area (Å²) >= 11 is 0. The van der Waals surface area contributed by atoms with Crippen LogP contribution in [-0.2, 0) is 0 Å². The number of carbonyl (C=O) groups excluding carboxylic acids is 1. The molecule has 0 atom stereocenters. The van der Waals surface area contributed by atoms with Crippen molar-refractivity contribution in [2.45, 2.75) is 0 Å². The number of halogens is 4. The minimum absolute atomic E-state index is 0.0499. The van der Waals surface area contributed by atoms with Crippen molar-refractivity contribution in [1.82, 2.24) is 0 Å². The minimum Gasteiger partial charge on any atom is -0.493 e. The summed E-state index contributed by atoms with van der Waals surface area (Å²) in [5, 5.41) is 1.80. The van der Waals surface area contributed by atoms with Crippen molar-refractivity contribution in [2.75, 3.05) is 19.5 Å². The summed E-state index contributed by atoms with van der Waals surface area (Å²) in [6, 6.07) is 3.99. The average molecular weight is 329 g/mol. The first-order valence-corrected chi connectivity index (χ1v) is 6.25. The quantitative estimate of drug-likeness (QED) is 0.690. The number of anilines is 1. The Kier molecular flexibility index (Phi) is 4.73. The molecule has 0 bridgehead atoms. The van der Waals surface area contributed by atoms with Crippen LogP contribution in [0.5, 0.6) is 11.5 Å². The van der Waals surface area contributed by atoms with Gasteiger partial charge in [0.05, 0.1) is 14.2 Å². The normalized spacial score (nSPS) is 10.3. The lowest BCUT2D eigenvalue weighted by Gasteiger charge is -2.11. The van der Waals surface area contributed by atoms with Gasteiger partial charge in [-0.25, -0.2) is 17.6 Å². The van der Waals surface area contributed by atoms with Gasteiger partial charge in [-0.05, 0) is 18.2 Å². The fourth-order valence-electron chi connectivity index (χ4n) is 1.85. The summed E-state index contributed by atoms with van der Waals surface area (Å²) in [6.07, 6.45) is 0. The predicted molar refractivity (Wildman–Crippen MR) is 73.8 cm³/mol. The van der Waals surface area contributed by atoms with Crippen molar-refractivity contribution in [2.24, 2.45) is 0 Å². The van der Waals surface area contributed by atoms with Crippen LogP contribution in [0, 0.1) is 23.3 Å². The van der Waals surface area contributed by atoms with Crippen LogP contribution in [0.1, 0.15) is 10.4 Å². The molecule has 0 aliphatic carbocycles. The van der Waals surface area contributed by atoms with Crippen molar-refractivity contribution < 1.29 is 31.8 Å². The zero-order valence-electron chi connectivity index (χ0n) is 12.0. The molecule has 0 saturated carbocycles. The first-order chi connectivity index (χ1) is 10.9.